The smallest absolute Gasteiger partial charge is 0.233 e. The summed E-state index contributed by atoms with van der Waals surface area (Å²) in [5.74, 6) is 0.186. The number of benzene rings is 2. The molecule has 0 amide bonds. The molecule has 0 fully saturated rings. The van der Waals surface area contributed by atoms with Gasteiger partial charge in [-0.15, -0.1) is 5.10 Å². The second kappa shape index (κ2) is 7.21. The fourth-order valence-electron chi connectivity index (χ4n) is 3.49. The van der Waals surface area contributed by atoms with E-state index in [4.69, 9.17) is 0 Å². The summed E-state index contributed by atoms with van der Waals surface area (Å²) < 4.78 is 27.6. The van der Waals surface area contributed by atoms with Crippen LogP contribution < -0.4 is 4.31 Å². The standard InChI is InChI=1S/C20H20N4O3S/c1-28(26,27)24(20-11-6-12-21-22-20)14-15(25)13-23-18-9-4-2-7-16(18)17-8-3-5-10-19(17)23/h2-12,15,25H,13-14H2,1H3. The van der Waals surface area contributed by atoms with Gasteiger partial charge in [-0.25, -0.2) is 12.7 Å². The van der Waals surface area contributed by atoms with Crippen molar-refractivity contribution < 1.29 is 13.5 Å². The van der Waals surface area contributed by atoms with Crippen molar-refractivity contribution in [3.63, 3.8) is 0 Å². The fraction of sp³-hybridized carbons (Fsp3) is 0.200. The number of aromatic nitrogens is 3. The number of aliphatic hydroxyl groups is 1. The molecule has 0 saturated carbocycles. The lowest BCUT2D eigenvalue weighted by molar-refractivity contribution is 0.166. The summed E-state index contributed by atoms with van der Waals surface area (Å²) in [4.78, 5) is 0. The lowest BCUT2D eigenvalue weighted by Gasteiger charge is -2.24. The maximum atomic E-state index is 12.2. The highest BCUT2D eigenvalue weighted by Crippen LogP contribution is 2.29. The summed E-state index contributed by atoms with van der Waals surface area (Å²) in [5.41, 5.74) is 1.99. The lowest BCUT2D eigenvalue weighted by atomic mass is 10.2. The van der Waals surface area contributed by atoms with Crippen molar-refractivity contribution in [1.29, 1.82) is 0 Å². The molecule has 1 N–H and O–H groups in total. The number of hydrogen-bond acceptors (Lipinski definition) is 5. The van der Waals surface area contributed by atoms with E-state index in [1.54, 1.807) is 12.1 Å². The van der Waals surface area contributed by atoms with E-state index in [1.807, 2.05) is 53.1 Å². The summed E-state index contributed by atoms with van der Waals surface area (Å²) in [6.45, 7) is 0.138. The molecule has 0 aliphatic carbocycles. The number of sulfonamides is 1. The summed E-state index contributed by atoms with van der Waals surface area (Å²) in [6, 6.07) is 19.1. The molecule has 144 valence electrons. The first-order valence-corrected chi connectivity index (χ1v) is 10.7. The average Bonchev–Trinajstić information content (AvgIpc) is 3.00. The molecule has 4 aromatic rings. The SMILES string of the molecule is CS(=O)(=O)N(CC(O)Cn1c2ccccc2c2ccccc21)c1cccnn1. The van der Waals surface area contributed by atoms with Gasteiger partial charge in [-0.2, -0.15) is 5.10 Å². The van der Waals surface area contributed by atoms with Gasteiger partial charge in [-0.1, -0.05) is 36.4 Å². The minimum absolute atomic E-state index is 0.113. The molecule has 8 heteroatoms. The summed E-state index contributed by atoms with van der Waals surface area (Å²) in [7, 11) is -3.62. The molecule has 2 aromatic heterocycles. The Morgan fingerprint density at radius 1 is 1.00 bits per heavy atom. The zero-order chi connectivity index (χ0) is 19.7. The van der Waals surface area contributed by atoms with E-state index >= 15 is 0 Å². The van der Waals surface area contributed by atoms with Gasteiger partial charge in [0.2, 0.25) is 10.0 Å². The van der Waals surface area contributed by atoms with E-state index in [9.17, 15) is 13.5 Å². The third-order valence-electron chi connectivity index (χ3n) is 4.66. The van der Waals surface area contributed by atoms with Gasteiger partial charge in [-0.05, 0) is 24.3 Å². The molecule has 0 aliphatic heterocycles. The highest BCUT2D eigenvalue weighted by Gasteiger charge is 2.23. The maximum Gasteiger partial charge on any atom is 0.233 e. The van der Waals surface area contributed by atoms with Gasteiger partial charge in [0.25, 0.3) is 0 Å². The quantitative estimate of drug-likeness (QED) is 0.541. The van der Waals surface area contributed by atoms with E-state index in [0.717, 1.165) is 32.4 Å². The van der Waals surface area contributed by atoms with Crippen molar-refractivity contribution in [3.8, 4) is 0 Å². The van der Waals surface area contributed by atoms with E-state index in [0.29, 0.717) is 0 Å². The second-order valence-electron chi connectivity index (χ2n) is 6.67. The van der Waals surface area contributed by atoms with Crippen LogP contribution in [0, 0.1) is 0 Å². The van der Waals surface area contributed by atoms with Crippen LogP contribution in [-0.4, -0.2) is 47.2 Å². The van der Waals surface area contributed by atoms with E-state index < -0.39 is 16.1 Å². The largest absolute Gasteiger partial charge is 0.389 e. The van der Waals surface area contributed by atoms with Crippen molar-refractivity contribution in [1.82, 2.24) is 14.8 Å². The summed E-state index contributed by atoms with van der Waals surface area (Å²) >= 11 is 0. The Labute approximate surface area is 162 Å². The van der Waals surface area contributed by atoms with Crippen LogP contribution in [0.4, 0.5) is 5.82 Å². The van der Waals surface area contributed by atoms with E-state index in [-0.39, 0.29) is 18.9 Å². The van der Waals surface area contributed by atoms with Gasteiger partial charge < -0.3 is 9.67 Å². The minimum atomic E-state index is -3.62. The molecule has 0 saturated heterocycles. The van der Waals surface area contributed by atoms with Gasteiger partial charge in [0.05, 0.1) is 25.4 Å². The van der Waals surface area contributed by atoms with Crippen LogP contribution in [-0.2, 0) is 16.6 Å². The van der Waals surface area contributed by atoms with Crippen LogP contribution in [0.2, 0.25) is 0 Å². The molecule has 2 heterocycles. The van der Waals surface area contributed by atoms with Crippen molar-refractivity contribution in [2.24, 2.45) is 0 Å². The molecule has 1 unspecified atom stereocenters. The molecule has 4 rings (SSSR count). The first-order valence-electron chi connectivity index (χ1n) is 8.84. The predicted octanol–water partition coefficient (Wildman–Crippen LogP) is 2.41. The van der Waals surface area contributed by atoms with E-state index in [2.05, 4.69) is 10.2 Å². The Kier molecular flexibility index (Phi) is 4.74. The highest BCUT2D eigenvalue weighted by atomic mass is 32.2. The summed E-state index contributed by atoms with van der Waals surface area (Å²) in [6.07, 6.45) is 1.63. The van der Waals surface area contributed by atoms with Crippen LogP contribution in [0.5, 0.6) is 0 Å². The number of hydrogen-bond donors (Lipinski definition) is 1. The van der Waals surface area contributed by atoms with Crippen molar-refractivity contribution in [2.75, 3.05) is 17.1 Å². The van der Waals surface area contributed by atoms with Crippen LogP contribution >= 0.6 is 0 Å². The van der Waals surface area contributed by atoms with Gasteiger partial charge in [0, 0.05) is 28.0 Å². The number of anilines is 1. The van der Waals surface area contributed by atoms with Gasteiger partial charge in [0.1, 0.15) is 0 Å². The van der Waals surface area contributed by atoms with Crippen LogP contribution in [0.3, 0.4) is 0 Å². The Balaban J connectivity index is 1.69. The lowest BCUT2D eigenvalue weighted by Crippen LogP contribution is -2.39. The van der Waals surface area contributed by atoms with Crippen LogP contribution in [0.1, 0.15) is 0 Å². The van der Waals surface area contributed by atoms with Gasteiger partial charge in [-0.3, -0.25) is 0 Å². The number of fused-ring (bicyclic) bond motifs is 3. The van der Waals surface area contributed by atoms with Crippen molar-refractivity contribution >= 4 is 37.6 Å². The predicted molar refractivity (Wildman–Crippen MR) is 110 cm³/mol. The number of rotatable bonds is 6. The molecule has 28 heavy (non-hydrogen) atoms. The monoisotopic (exact) mass is 396 g/mol. The molecule has 0 bridgehead atoms. The normalized spacial score (nSPS) is 13.1. The third kappa shape index (κ3) is 3.44. The van der Waals surface area contributed by atoms with Crippen molar-refractivity contribution in [2.45, 2.75) is 12.6 Å². The second-order valence-corrected chi connectivity index (χ2v) is 8.58. The zero-order valence-corrected chi connectivity index (χ0v) is 16.1. The van der Waals surface area contributed by atoms with Crippen LogP contribution in [0.15, 0.2) is 66.9 Å². The maximum absolute atomic E-state index is 12.2. The summed E-state index contributed by atoms with van der Waals surface area (Å²) in [5, 5.41) is 20.6. The Morgan fingerprint density at radius 3 is 2.14 bits per heavy atom. The molecular formula is C20H20N4O3S. The first kappa shape index (κ1) is 18.4. The Morgan fingerprint density at radius 2 is 1.61 bits per heavy atom. The Bertz CT molecular complexity index is 1170. The number of aliphatic hydroxyl groups excluding tert-OH is 1. The van der Waals surface area contributed by atoms with Gasteiger partial charge in [0.15, 0.2) is 5.82 Å². The van der Waals surface area contributed by atoms with E-state index in [1.165, 1.54) is 6.20 Å². The number of para-hydroxylation sites is 2. The molecule has 0 aliphatic rings. The van der Waals surface area contributed by atoms with Crippen molar-refractivity contribution in [3.05, 3.63) is 66.9 Å². The van der Waals surface area contributed by atoms with Gasteiger partial charge >= 0.3 is 0 Å². The topological polar surface area (TPSA) is 88.3 Å². The highest BCUT2D eigenvalue weighted by molar-refractivity contribution is 7.92. The molecule has 7 nitrogen and oxygen atoms in total. The molecule has 0 spiro atoms. The number of nitrogens with zero attached hydrogens (tertiary/aromatic N) is 4. The minimum Gasteiger partial charge on any atom is -0.389 e. The average molecular weight is 396 g/mol. The molecule has 0 radical (unpaired) electrons. The Hall–Kier alpha value is -2.97. The first-order chi connectivity index (χ1) is 13.4. The molecule has 1 atom stereocenters. The molecule has 2 aromatic carbocycles. The fourth-order valence-corrected chi connectivity index (χ4v) is 4.37. The van der Waals surface area contributed by atoms with Crippen LogP contribution in [0.25, 0.3) is 21.8 Å². The third-order valence-corrected chi connectivity index (χ3v) is 5.80. The molecular weight excluding hydrogens is 376 g/mol. The zero-order valence-electron chi connectivity index (χ0n) is 15.3.